The van der Waals surface area contributed by atoms with Gasteiger partial charge in [0.2, 0.25) is 0 Å². The Balaban J connectivity index is 2.11. The van der Waals surface area contributed by atoms with Crippen molar-refractivity contribution in [2.45, 2.75) is 44.5 Å². The van der Waals surface area contributed by atoms with E-state index in [2.05, 4.69) is 15.5 Å². The Hall–Kier alpha value is -1.16. The molecule has 1 fully saturated rings. The molecule has 1 aromatic rings. The highest BCUT2D eigenvalue weighted by Gasteiger charge is 2.27. The number of nitrogens with one attached hydrogen (secondary N) is 1. The molecule has 1 N–H and O–H groups in total. The van der Waals surface area contributed by atoms with Gasteiger partial charge in [-0.15, -0.1) is 11.6 Å². The van der Waals surface area contributed by atoms with Gasteiger partial charge in [0, 0.05) is 6.04 Å². The first kappa shape index (κ1) is 12.3. The Labute approximate surface area is 106 Å². The number of alkyl halides is 1. The molecule has 2 atom stereocenters. The monoisotopic (exact) mass is 253 g/mol. The van der Waals surface area contributed by atoms with Crippen LogP contribution >= 0.6 is 11.6 Å². The quantitative estimate of drug-likeness (QED) is 0.820. The molecule has 1 aromatic heterocycles. The zero-order valence-electron chi connectivity index (χ0n) is 10.0. The van der Waals surface area contributed by atoms with Crippen LogP contribution in [0.25, 0.3) is 0 Å². The molecule has 0 radical (unpaired) electrons. The summed E-state index contributed by atoms with van der Waals surface area (Å²) in [6.45, 7) is 3.61. The molecule has 17 heavy (non-hydrogen) atoms. The van der Waals surface area contributed by atoms with Gasteiger partial charge in [-0.05, 0) is 39.2 Å². The molecule has 1 saturated carbocycles. The van der Waals surface area contributed by atoms with Gasteiger partial charge >= 0.3 is 0 Å². The largest absolute Gasteiger partial charge is 0.348 e. The van der Waals surface area contributed by atoms with Gasteiger partial charge in [0.25, 0.3) is 5.91 Å². The number of hydrogen-bond acceptors (Lipinski definition) is 3. The number of carbonyl (C=O) groups is 1. The van der Waals surface area contributed by atoms with E-state index in [4.69, 9.17) is 11.6 Å². The molecular formula is C12H16ClN3O. The van der Waals surface area contributed by atoms with Crippen molar-refractivity contribution in [2.75, 3.05) is 0 Å². The second kappa shape index (κ2) is 5.00. The predicted molar refractivity (Wildman–Crippen MR) is 66.3 cm³/mol. The first-order chi connectivity index (χ1) is 8.08. The van der Waals surface area contributed by atoms with Crippen LogP contribution in [-0.2, 0) is 0 Å². The average molecular weight is 254 g/mol. The van der Waals surface area contributed by atoms with E-state index < -0.39 is 0 Å². The molecule has 4 nitrogen and oxygen atoms in total. The topological polar surface area (TPSA) is 54.9 Å². The van der Waals surface area contributed by atoms with Gasteiger partial charge in [0.05, 0.1) is 22.3 Å². The van der Waals surface area contributed by atoms with Crippen LogP contribution in [0.4, 0.5) is 0 Å². The summed E-state index contributed by atoms with van der Waals surface area (Å²) < 4.78 is 0. The van der Waals surface area contributed by atoms with Gasteiger partial charge in [-0.25, -0.2) is 0 Å². The Kier molecular flexibility index (Phi) is 3.62. The molecule has 1 aliphatic rings. The Morgan fingerprint density at radius 2 is 2.18 bits per heavy atom. The minimum atomic E-state index is -0.0990. The number of aryl methyl sites for hydroxylation is 2. The maximum atomic E-state index is 12.1. The van der Waals surface area contributed by atoms with Crippen molar-refractivity contribution in [2.24, 2.45) is 0 Å². The fourth-order valence-corrected chi connectivity index (χ4v) is 2.45. The molecule has 0 spiro atoms. The third kappa shape index (κ3) is 2.75. The fourth-order valence-electron chi connectivity index (χ4n) is 2.10. The van der Waals surface area contributed by atoms with E-state index in [1.807, 2.05) is 6.92 Å². The van der Waals surface area contributed by atoms with Gasteiger partial charge in [-0.1, -0.05) is 0 Å². The van der Waals surface area contributed by atoms with Crippen molar-refractivity contribution in [1.29, 1.82) is 0 Å². The molecule has 0 saturated heterocycles. The second-order valence-corrected chi connectivity index (χ2v) is 5.07. The zero-order valence-corrected chi connectivity index (χ0v) is 10.8. The second-order valence-electron chi connectivity index (χ2n) is 4.51. The Morgan fingerprint density at radius 3 is 2.82 bits per heavy atom. The van der Waals surface area contributed by atoms with Crippen LogP contribution in [0.3, 0.4) is 0 Å². The first-order valence-electron chi connectivity index (χ1n) is 5.84. The number of nitrogens with zero attached hydrogens (tertiary/aromatic N) is 2. The molecule has 2 unspecified atom stereocenters. The average Bonchev–Trinajstić information content (AvgIpc) is 2.68. The minimum absolute atomic E-state index is 0.0511. The van der Waals surface area contributed by atoms with Crippen molar-refractivity contribution >= 4 is 17.5 Å². The molecule has 0 bridgehead atoms. The molecule has 0 aliphatic heterocycles. The van der Waals surface area contributed by atoms with E-state index in [-0.39, 0.29) is 17.3 Å². The summed E-state index contributed by atoms with van der Waals surface area (Å²) in [6, 6.07) is 1.84. The summed E-state index contributed by atoms with van der Waals surface area (Å²) in [7, 11) is 0. The number of rotatable bonds is 2. The smallest absolute Gasteiger partial charge is 0.253 e. The van der Waals surface area contributed by atoms with Crippen LogP contribution in [0.1, 0.15) is 41.0 Å². The van der Waals surface area contributed by atoms with Gasteiger partial charge in [-0.2, -0.15) is 10.2 Å². The number of carbonyl (C=O) groups excluding carboxylic acids is 1. The predicted octanol–water partition coefficient (Wildman–Crippen LogP) is 1.98. The van der Waals surface area contributed by atoms with Gasteiger partial charge in [-0.3, -0.25) is 4.79 Å². The summed E-state index contributed by atoms with van der Waals surface area (Å²) in [5.74, 6) is -0.0990. The van der Waals surface area contributed by atoms with Crippen LogP contribution in [0.15, 0.2) is 6.07 Å². The van der Waals surface area contributed by atoms with Gasteiger partial charge in [0.1, 0.15) is 0 Å². The third-order valence-corrected chi connectivity index (χ3v) is 3.62. The number of hydrogen-bond donors (Lipinski definition) is 1. The molecule has 1 heterocycles. The van der Waals surface area contributed by atoms with Crippen molar-refractivity contribution < 1.29 is 4.79 Å². The lowest BCUT2D eigenvalue weighted by molar-refractivity contribution is 0.0937. The highest BCUT2D eigenvalue weighted by atomic mass is 35.5. The summed E-state index contributed by atoms with van der Waals surface area (Å²) in [5.41, 5.74) is 1.99. The Morgan fingerprint density at radius 1 is 1.41 bits per heavy atom. The van der Waals surface area contributed by atoms with Gasteiger partial charge in [0.15, 0.2) is 0 Å². The lowest BCUT2D eigenvalue weighted by Gasteiger charge is -2.16. The molecule has 0 aromatic carbocycles. The van der Waals surface area contributed by atoms with Crippen molar-refractivity contribution in [3.8, 4) is 0 Å². The normalized spacial score (nSPS) is 23.7. The number of halogens is 1. The molecule has 1 amide bonds. The van der Waals surface area contributed by atoms with E-state index in [1.54, 1.807) is 13.0 Å². The lowest BCUT2D eigenvalue weighted by Crippen LogP contribution is -2.38. The number of aromatic nitrogens is 2. The summed E-state index contributed by atoms with van der Waals surface area (Å²) in [4.78, 5) is 12.1. The fraction of sp³-hybridized carbons (Fsp3) is 0.583. The summed E-state index contributed by atoms with van der Waals surface area (Å²) >= 11 is 6.14. The van der Waals surface area contributed by atoms with Crippen molar-refractivity contribution in [3.05, 3.63) is 23.0 Å². The standard InChI is InChI=1S/C12H16ClN3O/c1-7-6-9(8(2)16-15-7)12(17)14-11-5-3-4-10(11)13/h6,10-11H,3-5H2,1-2H3,(H,14,17). The van der Waals surface area contributed by atoms with Gasteiger partial charge < -0.3 is 5.32 Å². The van der Waals surface area contributed by atoms with Crippen LogP contribution in [0, 0.1) is 13.8 Å². The molecule has 2 rings (SSSR count). The van der Waals surface area contributed by atoms with Crippen LogP contribution in [0.2, 0.25) is 0 Å². The van der Waals surface area contributed by atoms with Crippen LogP contribution < -0.4 is 5.32 Å². The van der Waals surface area contributed by atoms with E-state index in [0.717, 1.165) is 25.0 Å². The molecule has 5 heteroatoms. The van der Waals surface area contributed by atoms with Crippen LogP contribution in [-0.4, -0.2) is 27.5 Å². The molecule has 92 valence electrons. The molecule has 1 aliphatic carbocycles. The lowest BCUT2D eigenvalue weighted by atomic mass is 10.1. The zero-order chi connectivity index (χ0) is 12.4. The highest BCUT2D eigenvalue weighted by Crippen LogP contribution is 2.24. The summed E-state index contributed by atoms with van der Waals surface area (Å²) in [6.07, 6.45) is 3.00. The SMILES string of the molecule is Cc1cc(C(=O)NC2CCCC2Cl)c(C)nn1. The van der Waals surface area contributed by atoms with E-state index in [0.29, 0.717) is 11.3 Å². The summed E-state index contributed by atoms with van der Waals surface area (Å²) in [5, 5.41) is 10.9. The van der Waals surface area contributed by atoms with Crippen molar-refractivity contribution in [1.82, 2.24) is 15.5 Å². The third-order valence-electron chi connectivity index (χ3n) is 3.09. The maximum absolute atomic E-state index is 12.1. The highest BCUT2D eigenvalue weighted by molar-refractivity contribution is 6.21. The first-order valence-corrected chi connectivity index (χ1v) is 6.27. The molecular weight excluding hydrogens is 238 g/mol. The number of amides is 1. The Bertz CT molecular complexity index is 436. The minimum Gasteiger partial charge on any atom is -0.348 e. The van der Waals surface area contributed by atoms with E-state index in [9.17, 15) is 4.79 Å². The maximum Gasteiger partial charge on any atom is 0.253 e. The van der Waals surface area contributed by atoms with E-state index >= 15 is 0 Å². The van der Waals surface area contributed by atoms with Crippen LogP contribution in [0.5, 0.6) is 0 Å². The van der Waals surface area contributed by atoms with Crippen molar-refractivity contribution in [3.63, 3.8) is 0 Å². The van der Waals surface area contributed by atoms with E-state index in [1.165, 1.54) is 0 Å².